The van der Waals surface area contributed by atoms with E-state index in [4.69, 9.17) is 4.74 Å². The highest BCUT2D eigenvalue weighted by Gasteiger charge is 2.55. The molecule has 0 spiro atoms. The first-order chi connectivity index (χ1) is 15.0. The second-order valence-corrected chi connectivity index (χ2v) is 8.93. The maximum Gasteiger partial charge on any atom is 0.272 e. The Bertz CT molecular complexity index is 1050. The number of carbonyl (C=O) groups excluding carboxylic acids is 2. The van der Waals surface area contributed by atoms with Crippen LogP contribution in [0.4, 0.5) is 18.9 Å². The summed E-state index contributed by atoms with van der Waals surface area (Å²) in [6.45, 7) is 3.96. The summed E-state index contributed by atoms with van der Waals surface area (Å²) in [4.78, 5) is 26.1. The van der Waals surface area contributed by atoms with Crippen molar-refractivity contribution in [1.82, 2.24) is 9.88 Å². The number of methoxy groups -OCH3 is 1. The van der Waals surface area contributed by atoms with Gasteiger partial charge >= 0.3 is 0 Å². The van der Waals surface area contributed by atoms with Crippen LogP contribution in [-0.2, 0) is 22.5 Å². The number of hydrogen-bond donors (Lipinski definition) is 2. The fourth-order valence-electron chi connectivity index (χ4n) is 5.01. The minimum absolute atomic E-state index is 0.371. The van der Waals surface area contributed by atoms with Crippen LogP contribution in [0.3, 0.4) is 0 Å². The zero-order valence-electron chi connectivity index (χ0n) is 18.2. The van der Waals surface area contributed by atoms with Crippen molar-refractivity contribution in [1.29, 1.82) is 0 Å². The number of fused-ring (bicyclic) bond motifs is 1. The van der Waals surface area contributed by atoms with E-state index in [9.17, 15) is 22.8 Å². The van der Waals surface area contributed by atoms with Crippen molar-refractivity contribution < 1.29 is 27.5 Å². The predicted octanol–water partition coefficient (Wildman–Crippen LogP) is 4.13. The van der Waals surface area contributed by atoms with Crippen LogP contribution in [0, 0.1) is 12.7 Å². The van der Waals surface area contributed by atoms with Crippen molar-refractivity contribution in [3.05, 3.63) is 52.6 Å². The number of hydrogen-bond acceptors (Lipinski definition) is 3. The van der Waals surface area contributed by atoms with Crippen molar-refractivity contribution >= 4 is 17.5 Å². The summed E-state index contributed by atoms with van der Waals surface area (Å²) in [5, 5.41) is 5.48. The normalized spacial score (nSPS) is 19.1. The molecule has 2 aliphatic rings. The minimum Gasteiger partial charge on any atom is -0.367 e. The van der Waals surface area contributed by atoms with Crippen molar-refractivity contribution in [2.75, 3.05) is 12.4 Å². The Kier molecular flexibility index (Phi) is 5.56. The zero-order valence-corrected chi connectivity index (χ0v) is 18.2. The molecule has 32 heavy (non-hydrogen) atoms. The first-order valence-electron chi connectivity index (χ1n) is 10.5. The molecule has 9 heteroatoms. The van der Waals surface area contributed by atoms with Crippen LogP contribution in [-0.4, -0.2) is 35.0 Å². The highest BCUT2D eigenvalue weighted by molar-refractivity contribution is 6.05. The van der Waals surface area contributed by atoms with Gasteiger partial charge in [-0.3, -0.25) is 9.59 Å². The van der Waals surface area contributed by atoms with E-state index >= 15 is 0 Å². The van der Waals surface area contributed by atoms with Crippen molar-refractivity contribution in [3.63, 3.8) is 0 Å². The molecule has 2 N–H and O–H groups in total. The molecule has 1 saturated carbocycles. The Hall–Kier alpha value is -2.81. The molecular weight excluding hydrogens is 423 g/mol. The summed E-state index contributed by atoms with van der Waals surface area (Å²) in [7, 11) is 1.39. The van der Waals surface area contributed by atoms with Gasteiger partial charge in [0.05, 0.1) is 0 Å². The molecule has 1 aromatic heterocycles. The maximum atomic E-state index is 13.4. The third kappa shape index (κ3) is 4.01. The molecule has 0 saturated heterocycles. The lowest BCUT2D eigenvalue weighted by Crippen LogP contribution is -2.61. The summed E-state index contributed by atoms with van der Waals surface area (Å²) in [5.74, 6) is -4.05. The Morgan fingerprint density at radius 2 is 1.84 bits per heavy atom. The quantitative estimate of drug-likeness (QED) is 0.697. The molecule has 1 aromatic carbocycles. The first kappa shape index (κ1) is 22.4. The SMILES string of the molecule is COC(C(=O)NC1(C)CC(F)(F)C1)c1c(C)c(C(=O)Nc2ccc(F)cc2)n2c1CCC2. The topological polar surface area (TPSA) is 72.4 Å². The highest BCUT2D eigenvalue weighted by Crippen LogP contribution is 2.45. The number of amides is 2. The number of carbonyl (C=O) groups is 2. The van der Waals surface area contributed by atoms with Gasteiger partial charge in [0.1, 0.15) is 11.5 Å². The van der Waals surface area contributed by atoms with E-state index in [1.807, 2.05) is 4.57 Å². The van der Waals surface area contributed by atoms with E-state index in [2.05, 4.69) is 10.6 Å². The Morgan fingerprint density at radius 3 is 2.44 bits per heavy atom. The standard InChI is InChI=1S/C23H26F3N3O3/c1-13-17(19(32-3)21(31)28-22(2)11-23(25,26)12-22)16-5-4-10-29(16)18(13)20(30)27-15-8-6-14(24)7-9-15/h6-9,19H,4-5,10-12H2,1-3H3,(H,27,30)(H,28,31). The smallest absolute Gasteiger partial charge is 0.272 e. The van der Waals surface area contributed by atoms with Gasteiger partial charge in [-0.05, 0) is 56.5 Å². The third-order valence-corrected chi connectivity index (χ3v) is 6.24. The number of benzene rings is 1. The van der Waals surface area contributed by atoms with E-state index in [0.717, 1.165) is 12.1 Å². The van der Waals surface area contributed by atoms with Gasteiger partial charge in [0.2, 0.25) is 0 Å². The molecule has 2 aromatic rings. The minimum atomic E-state index is -2.77. The summed E-state index contributed by atoms with van der Waals surface area (Å²) in [6, 6.07) is 5.45. The first-order valence-corrected chi connectivity index (χ1v) is 10.5. The van der Waals surface area contributed by atoms with E-state index in [1.54, 1.807) is 13.8 Å². The van der Waals surface area contributed by atoms with Crippen molar-refractivity contribution in [2.24, 2.45) is 0 Å². The second kappa shape index (κ2) is 7.95. The van der Waals surface area contributed by atoms with Crippen molar-refractivity contribution in [2.45, 2.75) is 63.6 Å². The zero-order chi connectivity index (χ0) is 23.3. The number of alkyl halides is 2. The van der Waals surface area contributed by atoms with Gasteiger partial charge in [-0.2, -0.15) is 0 Å². The molecule has 172 valence electrons. The number of rotatable bonds is 6. The van der Waals surface area contributed by atoms with Gasteiger partial charge in [0.25, 0.3) is 17.7 Å². The molecule has 1 unspecified atom stereocenters. The maximum absolute atomic E-state index is 13.4. The average Bonchev–Trinajstić information content (AvgIpc) is 3.23. The lowest BCUT2D eigenvalue weighted by Gasteiger charge is -2.45. The molecule has 6 nitrogen and oxygen atoms in total. The Morgan fingerprint density at radius 1 is 1.19 bits per heavy atom. The van der Waals surface area contributed by atoms with E-state index in [1.165, 1.54) is 31.4 Å². The van der Waals surface area contributed by atoms with Crippen LogP contribution in [0.1, 0.15) is 59.6 Å². The van der Waals surface area contributed by atoms with Gasteiger partial charge in [-0.1, -0.05) is 0 Å². The average molecular weight is 449 g/mol. The monoisotopic (exact) mass is 449 g/mol. The molecule has 4 rings (SSSR count). The lowest BCUT2D eigenvalue weighted by atomic mass is 9.74. The number of aromatic nitrogens is 1. The fourth-order valence-corrected chi connectivity index (χ4v) is 5.01. The highest BCUT2D eigenvalue weighted by atomic mass is 19.3. The summed E-state index contributed by atoms with van der Waals surface area (Å²) in [6.07, 6.45) is -0.377. The van der Waals surface area contributed by atoms with E-state index in [-0.39, 0.29) is 5.91 Å². The molecule has 0 bridgehead atoms. The van der Waals surface area contributed by atoms with Crippen LogP contribution in [0.15, 0.2) is 24.3 Å². The van der Waals surface area contributed by atoms with Gasteiger partial charge < -0.3 is 19.9 Å². The lowest BCUT2D eigenvalue weighted by molar-refractivity contribution is -0.150. The van der Waals surface area contributed by atoms with Gasteiger partial charge in [0, 0.05) is 49.0 Å². The molecule has 1 aliphatic carbocycles. The van der Waals surface area contributed by atoms with Crippen LogP contribution < -0.4 is 10.6 Å². The summed E-state index contributed by atoms with van der Waals surface area (Å²) < 4.78 is 47.3. The predicted molar refractivity (Wildman–Crippen MR) is 112 cm³/mol. The largest absolute Gasteiger partial charge is 0.367 e. The summed E-state index contributed by atoms with van der Waals surface area (Å²) >= 11 is 0. The third-order valence-electron chi connectivity index (χ3n) is 6.24. The molecule has 0 radical (unpaired) electrons. The van der Waals surface area contributed by atoms with Crippen LogP contribution >= 0.6 is 0 Å². The number of halogens is 3. The fraction of sp³-hybridized carbons (Fsp3) is 0.478. The van der Waals surface area contributed by atoms with E-state index in [0.29, 0.717) is 35.5 Å². The van der Waals surface area contributed by atoms with E-state index < -0.39 is 42.1 Å². The van der Waals surface area contributed by atoms with Gasteiger partial charge in [-0.15, -0.1) is 0 Å². The Labute approximate surface area is 184 Å². The van der Waals surface area contributed by atoms with Gasteiger partial charge in [-0.25, -0.2) is 13.2 Å². The Balaban J connectivity index is 1.62. The second-order valence-electron chi connectivity index (χ2n) is 8.93. The van der Waals surface area contributed by atoms with Crippen LogP contribution in [0.25, 0.3) is 0 Å². The molecule has 1 atom stereocenters. The summed E-state index contributed by atoms with van der Waals surface area (Å²) in [5.41, 5.74) is 1.90. The van der Waals surface area contributed by atoms with Crippen LogP contribution in [0.5, 0.6) is 0 Å². The number of anilines is 1. The van der Waals surface area contributed by atoms with Gasteiger partial charge in [0.15, 0.2) is 6.10 Å². The van der Waals surface area contributed by atoms with Crippen LogP contribution in [0.2, 0.25) is 0 Å². The number of nitrogens with zero attached hydrogens (tertiary/aromatic N) is 1. The molecular formula is C23H26F3N3O3. The number of nitrogens with one attached hydrogen (secondary N) is 2. The molecule has 2 amide bonds. The van der Waals surface area contributed by atoms with Crippen molar-refractivity contribution in [3.8, 4) is 0 Å². The number of ether oxygens (including phenoxy) is 1. The molecule has 1 fully saturated rings. The molecule has 2 heterocycles. The molecule has 1 aliphatic heterocycles.